The summed E-state index contributed by atoms with van der Waals surface area (Å²) in [6.45, 7) is 3.34. The van der Waals surface area contributed by atoms with Crippen LogP contribution in [-0.4, -0.2) is 25.2 Å². The summed E-state index contributed by atoms with van der Waals surface area (Å²) < 4.78 is 25.2. The summed E-state index contributed by atoms with van der Waals surface area (Å²) in [5, 5.41) is 8.53. The minimum Gasteiger partial charge on any atom is -0.478 e. The van der Waals surface area contributed by atoms with Crippen molar-refractivity contribution in [2.75, 3.05) is 10.5 Å². The lowest BCUT2D eigenvalue weighted by Gasteiger charge is -2.08. The lowest BCUT2D eigenvalue weighted by molar-refractivity contribution is -0.131. The molecule has 0 amide bonds. The Kier molecular flexibility index (Phi) is 4.49. The normalized spacial score (nSPS) is 11.7. The molecule has 0 aromatic heterocycles. The van der Waals surface area contributed by atoms with Crippen LogP contribution in [0.25, 0.3) is 6.08 Å². The Balaban J connectivity index is 2.96. The first kappa shape index (κ1) is 14.2. The molecule has 0 spiro atoms. The molecule has 5 nitrogen and oxygen atoms in total. The molecule has 0 atom stereocenters. The number of aryl methyl sites for hydroxylation is 1. The van der Waals surface area contributed by atoms with Gasteiger partial charge in [0, 0.05) is 11.8 Å². The second-order valence-corrected chi connectivity index (χ2v) is 5.76. The molecule has 0 unspecified atom stereocenters. The number of hydrogen-bond donors (Lipinski definition) is 2. The molecule has 6 heteroatoms. The molecule has 18 heavy (non-hydrogen) atoms. The number of anilines is 1. The molecule has 0 saturated heterocycles. The van der Waals surface area contributed by atoms with Crippen LogP contribution in [-0.2, 0) is 14.8 Å². The Hall–Kier alpha value is -1.82. The highest BCUT2D eigenvalue weighted by atomic mass is 32.2. The molecule has 0 saturated carbocycles. The zero-order valence-corrected chi connectivity index (χ0v) is 11.0. The fourth-order valence-electron chi connectivity index (χ4n) is 1.34. The van der Waals surface area contributed by atoms with E-state index >= 15 is 0 Å². The summed E-state index contributed by atoms with van der Waals surface area (Å²) >= 11 is 0. The number of hydrogen-bond acceptors (Lipinski definition) is 3. The van der Waals surface area contributed by atoms with E-state index in [0.717, 1.165) is 17.2 Å². The zero-order valence-electron chi connectivity index (χ0n) is 10.2. The summed E-state index contributed by atoms with van der Waals surface area (Å²) in [7, 11) is -3.29. The zero-order chi connectivity index (χ0) is 13.8. The Morgan fingerprint density at radius 2 is 2.11 bits per heavy atom. The van der Waals surface area contributed by atoms with Crippen molar-refractivity contribution in [1.29, 1.82) is 0 Å². The molecule has 0 heterocycles. The highest BCUT2D eigenvalue weighted by Gasteiger charge is 2.07. The van der Waals surface area contributed by atoms with Gasteiger partial charge < -0.3 is 5.11 Å². The number of rotatable bonds is 5. The van der Waals surface area contributed by atoms with E-state index < -0.39 is 16.0 Å². The van der Waals surface area contributed by atoms with Crippen LogP contribution in [0.4, 0.5) is 5.69 Å². The van der Waals surface area contributed by atoms with Gasteiger partial charge in [-0.05, 0) is 43.2 Å². The Labute approximate surface area is 106 Å². The van der Waals surface area contributed by atoms with E-state index in [-0.39, 0.29) is 5.75 Å². The van der Waals surface area contributed by atoms with Crippen LogP contribution in [0.15, 0.2) is 24.3 Å². The minimum atomic E-state index is -3.29. The molecule has 0 aliphatic heterocycles. The number of carboxylic acid groups (broad SMARTS) is 1. The van der Waals surface area contributed by atoms with Crippen LogP contribution in [0.1, 0.15) is 18.1 Å². The summed E-state index contributed by atoms with van der Waals surface area (Å²) in [4.78, 5) is 10.4. The summed E-state index contributed by atoms with van der Waals surface area (Å²) in [6, 6.07) is 4.93. The smallest absolute Gasteiger partial charge is 0.328 e. The second-order valence-electron chi connectivity index (χ2n) is 3.75. The van der Waals surface area contributed by atoms with Crippen molar-refractivity contribution in [3.63, 3.8) is 0 Å². The van der Waals surface area contributed by atoms with Crippen molar-refractivity contribution in [3.05, 3.63) is 35.4 Å². The van der Waals surface area contributed by atoms with Gasteiger partial charge in [-0.25, -0.2) is 13.2 Å². The first-order valence-electron chi connectivity index (χ1n) is 5.36. The number of aliphatic carboxylic acids is 1. The van der Waals surface area contributed by atoms with Gasteiger partial charge in [-0.3, -0.25) is 4.72 Å². The maximum atomic E-state index is 11.4. The van der Waals surface area contributed by atoms with Crippen molar-refractivity contribution in [2.45, 2.75) is 13.8 Å². The van der Waals surface area contributed by atoms with Gasteiger partial charge in [0.1, 0.15) is 0 Å². The molecule has 1 aromatic carbocycles. The number of nitrogens with one attached hydrogen (secondary N) is 1. The van der Waals surface area contributed by atoms with Crippen LogP contribution >= 0.6 is 0 Å². The average molecular weight is 269 g/mol. The topological polar surface area (TPSA) is 83.5 Å². The highest BCUT2D eigenvalue weighted by molar-refractivity contribution is 7.92. The molecule has 0 aliphatic rings. The Bertz CT molecular complexity index is 576. The monoisotopic (exact) mass is 269 g/mol. The molecule has 1 aromatic rings. The lowest BCUT2D eigenvalue weighted by atomic mass is 10.1. The predicted octanol–water partition coefficient (Wildman–Crippen LogP) is 1.85. The van der Waals surface area contributed by atoms with Crippen LogP contribution in [0.2, 0.25) is 0 Å². The minimum absolute atomic E-state index is 0.00666. The summed E-state index contributed by atoms with van der Waals surface area (Å²) in [5.74, 6) is -1.02. The SMILES string of the molecule is CCS(=O)(=O)Nc1ccc(C=CC(=O)O)c(C)c1. The molecular formula is C12H15NO4S. The molecule has 0 radical (unpaired) electrons. The van der Waals surface area contributed by atoms with Crippen molar-refractivity contribution in [3.8, 4) is 0 Å². The van der Waals surface area contributed by atoms with Crippen LogP contribution in [0.5, 0.6) is 0 Å². The van der Waals surface area contributed by atoms with Crippen molar-refractivity contribution in [1.82, 2.24) is 0 Å². The van der Waals surface area contributed by atoms with Crippen molar-refractivity contribution in [2.24, 2.45) is 0 Å². The van der Waals surface area contributed by atoms with E-state index in [2.05, 4.69) is 4.72 Å². The highest BCUT2D eigenvalue weighted by Crippen LogP contribution is 2.17. The maximum absolute atomic E-state index is 11.4. The fourth-order valence-corrected chi connectivity index (χ4v) is 1.97. The second kappa shape index (κ2) is 5.68. The van der Waals surface area contributed by atoms with E-state index in [1.807, 2.05) is 0 Å². The van der Waals surface area contributed by atoms with Gasteiger partial charge in [-0.1, -0.05) is 6.07 Å². The molecular weight excluding hydrogens is 254 g/mol. The van der Waals surface area contributed by atoms with Gasteiger partial charge in [0.2, 0.25) is 10.0 Å². The van der Waals surface area contributed by atoms with Gasteiger partial charge in [0.05, 0.1) is 5.75 Å². The molecule has 98 valence electrons. The largest absolute Gasteiger partial charge is 0.478 e. The number of sulfonamides is 1. The van der Waals surface area contributed by atoms with E-state index in [4.69, 9.17) is 5.11 Å². The lowest BCUT2D eigenvalue weighted by Crippen LogP contribution is -2.14. The fraction of sp³-hybridized carbons (Fsp3) is 0.250. The number of carbonyl (C=O) groups is 1. The van der Waals surface area contributed by atoms with E-state index in [0.29, 0.717) is 5.69 Å². The third kappa shape index (κ3) is 4.21. The van der Waals surface area contributed by atoms with Crippen LogP contribution in [0, 0.1) is 6.92 Å². The van der Waals surface area contributed by atoms with Gasteiger partial charge in [-0.15, -0.1) is 0 Å². The van der Waals surface area contributed by atoms with Gasteiger partial charge in [0.15, 0.2) is 0 Å². The van der Waals surface area contributed by atoms with Gasteiger partial charge in [0.25, 0.3) is 0 Å². The first-order valence-corrected chi connectivity index (χ1v) is 7.01. The third-order valence-corrected chi connectivity index (χ3v) is 3.64. The molecule has 0 aliphatic carbocycles. The number of benzene rings is 1. The summed E-state index contributed by atoms with van der Waals surface area (Å²) in [5.41, 5.74) is 2.00. The number of carboxylic acids is 1. The van der Waals surface area contributed by atoms with Gasteiger partial charge >= 0.3 is 5.97 Å². The first-order chi connectivity index (χ1) is 8.34. The van der Waals surface area contributed by atoms with Crippen molar-refractivity contribution < 1.29 is 18.3 Å². The van der Waals surface area contributed by atoms with Crippen LogP contribution < -0.4 is 4.72 Å². The molecule has 2 N–H and O–H groups in total. The predicted molar refractivity (Wildman–Crippen MR) is 70.9 cm³/mol. The third-order valence-electron chi connectivity index (χ3n) is 2.33. The van der Waals surface area contributed by atoms with Crippen molar-refractivity contribution >= 4 is 27.8 Å². The van der Waals surface area contributed by atoms with Gasteiger partial charge in [-0.2, -0.15) is 0 Å². The van der Waals surface area contributed by atoms with E-state index in [9.17, 15) is 13.2 Å². The average Bonchev–Trinajstić information content (AvgIpc) is 2.27. The molecule has 0 bridgehead atoms. The standard InChI is InChI=1S/C12H15NO4S/c1-3-18(16,17)13-11-6-4-10(9(2)8-11)5-7-12(14)15/h4-8,13H,3H2,1-2H3,(H,14,15). The maximum Gasteiger partial charge on any atom is 0.328 e. The molecule has 1 rings (SSSR count). The van der Waals surface area contributed by atoms with E-state index in [1.54, 1.807) is 32.0 Å². The quantitative estimate of drug-likeness (QED) is 0.799. The van der Waals surface area contributed by atoms with E-state index in [1.165, 1.54) is 6.08 Å². The Morgan fingerprint density at radius 1 is 1.44 bits per heavy atom. The Morgan fingerprint density at radius 3 is 2.61 bits per heavy atom. The van der Waals surface area contributed by atoms with Crippen LogP contribution in [0.3, 0.4) is 0 Å². The molecule has 0 fully saturated rings. The summed E-state index contributed by atoms with van der Waals surface area (Å²) in [6.07, 6.45) is 2.51.